The smallest absolute Gasteiger partial charge is 0.220 e. The van der Waals surface area contributed by atoms with Gasteiger partial charge in [-0.3, -0.25) is 0 Å². The fourth-order valence-corrected chi connectivity index (χ4v) is 2.01. The van der Waals surface area contributed by atoms with E-state index in [1.807, 2.05) is 0 Å². The summed E-state index contributed by atoms with van der Waals surface area (Å²) in [6.07, 6.45) is 1.44. The highest BCUT2D eigenvalue weighted by atomic mass is 35.5. The summed E-state index contributed by atoms with van der Waals surface area (Å²) in [6.45, 7) is 0. The normalized spacial score (nSPS) is 9.71. The second kappa shape index (κ2) is 7.76. The molecule has 0 spiro atoms. The van der Waals surface area contributed by atoms with Gasteiger partial charge in [0.2, 0.25) is 5.95 Å². The quantitative estimate of drug-likeness (QED) is 0.639. The maximum absolute atomic E-state index is 13.9. The van der Waals surface area contributed by atoms with Crippen molar-refractivity contribution < 1.29 is 14.6 Å². The Morgan fingerprint density at radius 1 is 0.917 bits per heavy atom. The number of aromatic nitrogens is 3. The molecule has 2 heterocycles. The summed E-state index contributed by atoms with van der Waals surface area (Å²) in [4.78, 5) is 12.0. The topological polar surface area (TPSA) is 105 Å². The molecule has 0 atom stereocenters. The third-order valence-corrected chi connectivity index (χ3v) is 3.02. The van der Waals surface area contributed by atoms with Crippen molar-refractivity contribution in [3.8, 4) is 34.1 Å². The Hall–Kier alpha value is -2.64. The molecule has 0 unspecified atom stereocenters. The lowest BCUT2D eigenvalue weighted by Gasteiger charge is -2.08. The first-order valence-electron chi connectivity index (χ1n) is 6.32. The van der Waals surface area contributed by atoms with Gasteiger partial charge < -0.3 is 15.9 Å². The molecule has 0 aliphatic rings. The van der Waals surface area contributed by atoms with Gasteiger partial charge in [-0.2, -0.15) is 0 Å². The van der Waals surface area contributed by atoms with E-state index in [4.69, 9.17) is 5.73 Å². The zero-order valence-electron chi connectivity index (χ0n) is 12.0. The van der Waals surface area contributed by atoms with Crippen LogP contribution in [0.1, 0.15) is 0 Å². The fraction of sp³-hybridized carbons (Fsp3) is 0. The summed E-state index contributed by atoms with van der Waals surface area (Å²) in [7, 11) is 0. The summed E-state index contributed by atoms with van der Waals surface area (Å²) in [5.74, 6) is -0.865. The molecule has 1 aromatic carbocycles. The van der Waals surface area contributed by atoms with Crippen LogP contribution in [-0.2, 0) is 0 Å². The van der Waals surface area contributed by atoms with Crippen molar-refractivity contribution >= 4 is 30.8 Å². The van der Waals surface area contributed by atoms with Crippen LogP contribution in [0.15, 0.2) is 42.6 Å². The van der Waals surface area contributed by atoms with Crippen LogP contribution >= 0.6 is 24.8 Å². The van der Waals surface area contributed by atoms with E-state index >= 15 is 0 Å². The molecule has 0 saturated carbocycles. The molecular formula is C15H13Cl2FN4O2. The van der Waals surface area contributed by atoms with Crippen molar-refractivity contribution in [3.05, 3.63) is 48.4 Å². The molecule has 0 fully saturated rings. The number of aromatic hydroxyl groups is 2. The summed E-state index contributed by atoms with van der Waals surface area (Å²) in [5, 5.41) is 19.2. The van der Waals surface area contributed by atoms with Crippen LogP contribution in [0.4, 0.5) is 10.3 Å². The molecule has 3 rings (SSSR count). The van der Waals surface area contributed by atoms with Gasteiger partial charge in [0.1, 0.15) is 23.0 Å². The van der Waals surface area contributed by atoms with Crippen LogP contribution < -0.4 is 5.73 Å². The Bertz CT molecular complexity index is 865. The van der Waals surface area contributed by atoms with E-state index in [1.54, 1.807) is 0 Å². The number of hydrogen-bond acceptors (Lipinski definition) is 6. The third-order valence-electron chi connectivity index (χ3n) is 3.02. The van der Waals surface area contributed by atoms with Gasteiger partial charge in [-0.1, -0.05) is 0 Å². The maximum Gasteiger partial charge on any atom is 0.220 e. The molecule has 2 aromatic heterocycles. The van der Waals surface area contributed by atoms with Crippen molar-refractivity contribution in [2.24, 2.45) is 0 Å². The van der Waals surface area contributed by atoms with Crippen molar-refractivity contribution in [1.29, 1.82) is 0 Å². The van der Waals surface area contributed by atoms with Crippen LogP contribution in [0.2, 0.25) is 0 Å². The lowest BCUT2D eigenvalue weighted by atomic mass is 10.1. The van der Waals surface area contributed by atoms with Crippen LogP contribution in [0, 0.1) is 5.82 Å². The summed E-state index contributed by atoms with van der Waals surface area (Å²) >= 11 is 0. The number of hydrogen-bond donors (Lipinski definition) is 3. The minimum atomic E-state index is -0.619. The molecule has 6 nitrogen and oxygen atoms in total. The van der Waals surface area contributed by atoms with Gasteiger partial charge in [-0.15, -0.1) is 24.8 Å². The van der Waals surface area contributed by atoms with Crippen molar-refractivity contribution in [2.75, 3.05) is 5.73 Å². The molecule has 0 radical (unpaired) electrons. The van der Waals surface area contributed by atoms with Gasteiger partial charge in [0.05, 0.1) is 11.4 Å². The molecule has 126 valence electrons. The van der Waals surface area contributed by atoms with Gasteiger partial charge in [0.15, 0.2) is 0 Å². The molecule has 3 aromatic rings. The molecule has 4 N–H and O–H groups in total. The molecule has 24 heavy (non-hydrogen) atoms. The van der Waals surface area contributed by atoms with E-state index in [9.17, 15) is 14.6 Å². The summed E-state index contributed by atoms with van der Waals surface area (Å²) in [6, 6.07) is 8.15. The van der Waals surface area contributed by atoms with Crippen molar-refractivity contribution in [1.82, 2.24) is 15.0 Å². The van der Waals surface area contributed by atoms with E-state index in [-0.39, 0.29) is 53.5 Å². The first-order valence-corrected chi connectivity index (χ1v) is 6.32. The predicted octanol–water partition coefficient (Wildman–Crippen LogP) is 3.18. The number of rotatable bonds is 2. The van der Waals surface area contributed by atoms with E-state index in [2.05, 4.69) is 15.0 Å². The van der Waals surface area contributed by atoms with E-state index < -0.39 is 5.82 Å². The van der Waals surface area contributed by atoms with Gasteiger partial charge >= 0.3 is 0 Å². The number of anilines is 1. The fourth-order valence-electron chi connectivity index (χ4n) is 2.01. The van der Waals surface area contributed by atoms with Crippen LogP contribution in [-0.4, -0.2) is 25.2 Å². The van der Waals surface area contributed by atoms with Crippen LogP contribution in [0.3, 0.4) is 0 Å². The van der Waals surface area contributed by atoms with Gasteiger partial charge in [-0.25, -0.2) is 19.3 Å². The minimum absolute atomic E-state index is 0. The first-order chi connectivity index (χ1) is 10.5. The SMILES string of the molecule is Cl.Cl.Nc1nccc(-c2nc(-c3ccc(O)cc3F)ccc2O)n1. The van der Waals surface area contributed by atoms with Crippen molar-refractivity contribution in [3.63, 3.8) is 0 Å². The zero-order valence-corrected chi connectivity index (χ0v) is 13.7. The molecule has 9 heteroatoms. The standard InChI is InChI=1S/C15H11FN4O2.2ClH/c16-10-7-8(21)1-2-9(10)11-3-4-13(22)14(19-11)12-5-6-18-15(17)20-12;;/h1-7,21-22H,(H2,17,18,20);2*1H. The van der Waals surface area contributed by atoms with E-state index in [0.29, 0.717) is 11.4 Å². The van der Waals surface area contributed by atoms with Gasteiger partial charge in [0, 0.05) is 17.8 Å². The monoisotopic (exact) mass is 370 g/mol. The lowest BCUT2D eigenvalue weighted by Crippen LogP contribution is -1.97. The number of phenolic OH excluding ortho intramolecular Hbond substituents is 1. The Labute approximate surface area is 149 Å². The van der Waals surface area contributed by atoms with Gasteiger partial charge in [0.25, 0.3) is 0 Å². The number of nitrogens with two attached hydrogens (primary N) is 1. The number of nitrogen functional groups attached to an aromatic ring is 1. The highest BCUT2D eigenvalue weighted by Crippen LogP contribution is 2.31. The number of halogens is 3. The Kier molecular flexibility index (Phi) is 6.27. The largest absolute Gasteiger partial charge is 0.508 e. The Balaban J connectivity index is 0.00000144. The van der Waals surface area contributed by atoms with Crippen molar-refractivity contribution in [2.45, 2.75) is 0 Å². The van der Waals surface area contributed by atoms with Crippen LogP contribution in [0.25, 0.3) is 22.6 Å². The van der Waals surface area contributed by atoms with E-state index in [1.165, 1.54) is 36.5 Å². The summed E-state index contributed by atoms with van der Waals surface area (Å²) < 4.78 is 13.9. The highest BCUT2D eigenvalue weighted by Gasteiger charge is 2.13. The molecule has 0 bridgehead atoms. The second-order valence-corrected chi connectivity index (χ2v) is 4.53. The summed E-state index contributed by atoms with van der Waals surface area (Å²) in [5.41, 5.74) is 6.50. The number of pyridine rings is 1. The first kappa shape index (κ1) is 19.4. The molecular weight excluding hydrogens is 358 g/mol. The molecule has 0 amide bonds. The second-order valence-electron chi connectivity index (χ2n) is 4.53. The zero-order chi connectivity index (χ0) is 15.7. The van der Waals surface area contributed by atoms with Gasteiger partial charge in [-0.05, 0) is 30.3 Å². The Morgan fingerprint density at radius 2 is 1.67 bits per heavy atom. The lowest BCUT2D eigenvalue weighted by molar-refractivity contribution is 0.469. The van der Waals surface area contributed by atoms with E-state index in [0.717, 1.165) is 6.07 Å². The highest BCUT2D eigenvalue weighted by molar-refractivity contribution is 5.85. The minimum Gasteiger partial charge on any atom is -0.508 e. The maximum atomic E-state index is 13.9. The van der Waals surface area contributed by atoms with Crippen LogP contribution in [0.5, 0.6) is 11.5 Å². The Morgan fingerprint density at radius 3 is 2.33 bits per heavy atom. The predicted molar refractivity (Wildman–Crippen MR) is 92.9 cm³/mol. The molecule has 0 aliphatic carbocycles. The number of phenols is 1. The third kappa shape index (κ3) is 3.81. The average molecular weight is 371 g/mol. The number of benzene rings is 1. The molecule has 0 aliphatic heterocycles. The number of nitrogens with zero attached hydrogens (tertiary/aromatic N) is 3. The molecule has 0 saturated heterocycles. The average Bonchev–Trinajstić information content (AvgIpc) is 2.48.